The topological polar surface area (TPSA) is 32.3 Å². The standard InChI is InChI=1S/C16H27NO/c1-13(14-8-6-5-7-9-14)12-17-15(10-11-18)16(2,3)4/h5-9,13,15,17-18H,10-12H2,1-4H3. The van der Waals surface area contributed by atoms with Gasteiger partial charge in [0.2, 0.25) is 0 Å². The summed E-state index contributed by atoms with van der Waals surface area (Å²) in [6.07, 6.45) is 0.811. The average molecular weight is 249 g/mol. The molecule has 0 bridgehead atoms. The van der Waals surface area contributed by atoms with Gasteiger partial charge in [0.05, 0.1) is 0 Å². The molecule has 0 aliphatic rings. The molecule has 0 fully saturated rings. The van der Waals surface area contributed by atoms with Crippen LogP contribution >= 0.6 is 0 Å². The van der Waals surface area contributed by atoms with Crippen molar-refractivity contribution in [2.75, 3.05) is 13.2 Å². The zero-order valence-electron chi connectivity index (χ0n) is 12.1. The third-order valence-corrected chi connectivity index (χ3v) is 3.50. The molecule has 0 aromatic heterocycles. The van der Waals surface area contributed by atoms with Crippen molar-refractivity contribution in [2.24, 2.45) is 5.41 Å². The predicted molar refractivity (Wildman–Crippen MR) is 77.8 cm³/mol. The highest BCUT2D eigenvalue weighted by Crippen LogP contribution is 2.22. The molecule has 2 unspecified atom stereocenters. The summed E-state index contributed by atoms with van der Waals surface area (Å²) in [5.41, 5.74) is 1.54. The second kappa shape index (κ2) is 6.91. The first-order chi connectivity index (χ1) is 8.45. The van der Waals surface area contributed by atoms with Crippen LogP contribution in [0.15, 0.2) is 30.3 Å². The molecular formula is C16H27NO. The normalized spacial score (nSPS) is 15.4. The summed E-state index contributed by atoms with van der Waals surface area (Å²) < 4.78 is 0. The highest BCUT2D eigenvalue weighted by Gasteiger charge is 2.23. The summed E-state index contributed by atoms with van der Waals surface area (Å²) in [6, 6.07) is 10.9. The Morgan fingerprint density at radius 3 is 2.28 bits per heavy atom. The molecule has 2 N–H and O–H groups in total. The van der Waals surface area contributed by atoms with E-state index in [-0.39, 0.29) is 12.0 Å². The molecule has 1 aromatic rings. The zero-order valence-corrected chi connectivity index (χ0v) is 12.1. The Balaban J connectivity index is 2.52. The highest BCUT2D eigenvalue weighted by molar-refractivity contribution is 5.19. The second-order valence-corrected chi connectivity index (χ2v) is 6.15. The van der Waals surface area contributed by atoms with E-state index in [1.807, 2.05) is 6.07 Å². The van der Waals surface area contributed by atoms with E-state index < -0.39 is 0 Å². The average Bonchev–Trinajstić information content (AvgIpc) is 2.33. The smallest absolute Gasteiger partial charge is 0.0446 e. The Kier molecular flexibility index (Phi) is 5.83. The van der Waals surface area contributed by atoms with E-state index in [0.29, 0.717) is 12.0 Å². The van der Waals surface area contributed by atoms with Crippen molar-refractivity contribution in [1.82, 2.24) is 5.32 Å². The number of nitrogens with one attached hydrogen (secondary N) is 1. The molecule has 0 spiro atoms. The predicted octanol–water partition coefficient (Wildman–Crippen LogP) is 3.18. The van der Waals surface area contributed by atoms with Gasteiger partial charge in [-0.1, -0.05) is 58.0 Å². The van der Waals surface area contributed by atoms with Crippen LogP contribution in [0.4, 0.5) is 0 Å². The lowest BCUT2D eigenvalue weighted by Crippen LogP contribution is -2.42. The summed E-state index contributed by atoms with van der Waals surface area (Å²) in [7, 11) is 0. The van der Waals surface area contributed by atoms with E-state index in [4.69, 9.17) is 5.11 Å². The fourth-order valence-electron chi connectivity index (χ4n) is 2.19. The maximum Gasteiger partial charge on any atom is 0.0446 e. The lowest BCUT2D eigenvalue weighted by molar-refractivity contribution is 0.196. The van der Waals surface area contributed by atoms with Gasteiger partial charge in [0, 0.05) is 19.2 Å². The molecule has 0 aliphatic heterocycles. The van der Waals surface area contributed by atoms with E-state index in [1.165, 1.54) is 5.56 Å². The van der Waals surface area contributed by atoms with Gasteiger partial charge >= 0.3 is 0 Å². The summed E-state index contributed by atoms with van der Waals surface area (Å²) in [5, 5.41) is 12.7. The molecule has 0 heterocycles. The van der Waals surface area contributed by atoms with E-state index >= 15 is 0 Å². The maximum atomic E-state index is 9.14. The molecule has 0 aliphatic carbocycles. The molecular weight excluding hydrogens is 222 g/mol. The molecule has 0 amide bonds. The minimum absolute atomic E-state index is 0.180. The van der Waals surface area contributed by atoms with Crippen LogP contribution in [0.5, 0.6) is 0 Å². The third kappa shape index (κ3) is 4.79. The second-order valence-electron chi connectivity index (χ2n) is 6.15. The van der Waals surface area contributed by atoms with E-state index in [9.17, 15) is 0 Å². The van der Waals surface area contributed by atoms with Crippen molar-refractivity contribution < 1.29 is 5.11 Å². The van der Waals surface area contributed by atoms with Crippen LogP contribution in [0, 0.1) is 5.41 Å². The Hall–Kier alpha value is -0.860. The number of aliphatic hydroxyl groups is 1. The van der Waals surface area contributed by atoms with Crippen LogP contribution in [0.3, 0.4) is 0 Å². The first-order valence-electron chi connectivity index (χ1n) is 6.84. The third-order valence-electron chi connectivity index (χ3n) is 3.50. The lowest BCUT2D eigenvalue weighted by atomic mass is 9.84. The molecule has 0 radical (unpaired) electrons. The van der Waals surface area contributed by atoms with E-state index in [0.717, 1.165) is 13.0 Å². The molecule has 2 nitrogen and oxygen atoms in total. The Morgan fingerprint density at radius 2 is 1.78 bits per heavy atom. The molecule has 1 rings (SSSR count). The summed E-state index contributed by atoms with van der Waals surface area (Å²) in [5.74, 6) is 0.495. The SMILES string of the molecule is CC(CNC(CCO)C(C)(C)C)c1ccccc1. The molecule has 1 aromatic carbocycles. The van der Waals surface area contributed by atoms with Crippen LogP contribution in [-0.4, -0.2) is 24.3 Å². The van der Waals surface area contributed by atoms with Crippen LogP contribution in [0.2, 0.25) is 0 Å². The summed E-state index contributed by atoms with van der Waals surface area (Å²) >= 11 is 0. The van der Waals surface area contributed by atoms with Crippen LogP contribution in [-0.2, 0) is 0 Å². The minimum Gasteiger partial charge on any atom is -0.396 e. The maximum absolute atomic E-state index is 9.14. The molecule has 18 heavy (non-hydrogen) atoms. The number of aliphatic hydroxyl groups excluding tert-OH is 1. The van der Waals surface area contributed by atoms with Crippen molar-refractivity contribution in [3.05, 3.63) is 35.9 Å². The zero-order chi connectivity index (χ0) is 13.6. The molecule has 0 saturated heterocycles. The number of benzene rings is 1. The first kappa shape index (κ1) is 15.2. The highest BCUT2D eigenvalue weighted by atomic mass is 16.3. The lowest BCUT2D eigenvalue weighted by Gasteiger charge is -2.32. The van der Waals surface area contributed by atoms with Gasteiger partial charge in [0.15, 0.2) is 0 Å². The summed E-state index contributed by atoms with van der Waals surface area (Å²) in [6.45, 7) is 10.1. The fraction of sp³-hybridized carbons (Fsp3) is 0.625. The monoisotopic (exact) mass is 249 g/mol. The fourth-order valence-corrected chi connectivity index (χ4v) is 2.19. The van der Waals surface area contributed by atoms with Gasteiger partial charge in [0.25, 0.3) is 0 Å². The van der Waals surface area contributed by atoms with Crippen molar-refractivity contribution >= 4 is 0 Å². The Labute approximate surface area is 111 Å². The van der Waals surface area contributed by atoms with Gasteiger partial charge in [0.1, 0.15) is 0 Å². The minimum atomic E-state index is 0.180. The van der Waals surface area contributed by atoms with Gasteiger partial charge in [-0.05, 0) is 23.3 Å². The van der Waals surface area contributed by atoms with Gasteiger partial charge in [-0.3, -0.25) is 0 Å². The molecule has 2 heteroatoms. The van der Waals surface area contributed by atoms with Crippen molar-refractivity contribution in [3.63, 3.8) is 0 Å². The number of rotatable bonds is 6. The quantitative estimate of drug-likeness (QED) is 0.811. The molecule has 2 atom stereocenters. The van der Waals surface area contributed by atoms with Gasteiger partial charge in [-0.15, -0.1) is 0 Å². The first-order valence-corrected chi connectivity index (χ1v) is 6.84. The van der Waals surface area contributed by atoms with E-state index in [1.54, 1.807) is 0 Å². The van der Waals surface area contributed by atoms with Crippen LogP contribution < -0.4 is 5.32 Å². The van der Waals surface area contributed by atoms with Gasteiger partial charge in [-0.2, -0.15) is 0 Å². The van der Waals surface area contributed by atoms with Crippen LogP contribution in [0.25, 0.3) is 0 Å². The Bertz CT molecular complexity index is 329. The van der Waals surface area contributed by atoms with Crippen molar-refractivity contribution in [1.29, 1.82) is 0 Å². The number of hydrogen-bond donors (Lipinski definition) is 2. The summed E-state index contributed by atoms with van der Waals surface area (Å²) in [4.78, 5) is 0. The number of hydrogen-bond acceptors (Lipinski definition) is 2. The van der Waals surface area contributed by atoms with Gasteiger partial charge in [-0.25, -0.2) is 0 Å². The molecule has 102 valence electrons. The van der Waals surface area contributed by atoms with Crippen molar-refractivity contribution in [2.45, 2.75) is 46.1 Å². The van der Waals surface area contributed by atoms with Crippen LogP contribution in [0.1, 0.15) is 45.6 Å². The Morgan fingerprint density at radius 1 is 1.17 bits per heavy atom. The van der Waals surface area contributed by atoms with Gasteiger partial charge < -0.3 is 10.4 Å². The van der Waals surface area contributed by atoms with E-state index in [2.05, 4.69) is 57.3 Å². The molecule has 0 saturated carbocycles. The van der Waals surface area contributed by atoms with Crippen molar-refractivity contribution in [3.8, 4) is 0 Å². The largest absolute Gasteiger partial charge is 0.396 e.